The summed E-state index contributed by atoms with van der Waals surface area (Å²) >= 11 is 6.14. The van der Waals surface area contributed by atoms with Gasteiger partial charge in [0, 0.05) is 11.6 Å². The summed E-state index contributed by atoms with van der Waals surface area (Å²) in [6.45, 7) is 7.61. The second-order valence-electron chi connectivity index (χ2n) is 3.74. The summed E-state index contributed by atoms with van der Waals surface area (Å²) in [4.78, 5) is 2.27. The van der Waals surface area contributed by atoms with E-state index in [9.17, 15) is 0 Å². The molecule has 0 N–H and O–H groups in total. The van der Waals surface area contributed by atoms with Gasteiger partial charge in [-0.1, -0.05) is 43.6 Å². The van der Waals surface area contributed by atoms with Crippen LogP contribution in [-0.4, -0.2) is 31.1 Å². The van der Waals surface area contributed by atoms with Crippen LogP contribution < -0.4 is 4.74 Å². The second kappa shape index (κ2) is 8.15. The summed E-state index contributed by atoms with van der Waals surface area (Å²) in [5.74, 6) is 0.871. The van der Waals surface area contributed by atoms with E-state index in [1.165, 1.54) is 0 Å². The van der Waals surface area contributed by atoms with Gasteiger partial charge >= 0.3 is 0 Å². The Morgan fingerprint density at radius 2 is 1.88 bits per heavy atom. The molecule has 1 rings (SSSR count). The molecule has 0 aliphatic rings. The zero-order chi connectivity index (χ0) is 12.5. The molecule has 0 bridgehead atoms. The highest BCUT2D eigenvalue weighted by molar-refractivity contribution is 6.29. The van der Waals surface area contributed by atoms with E-state index in [2.05, 4.69) is 18.7 Å². The fourth-order valence-electron chi connectivity index (χ4n) is 1.47. The number of nitrogens with zero attached hydrogens (tertiary/aromatic N) is 1. The largest absolute Gasteiger partial charge is 0.489 e. The van der Waals surface area contributed by atoms with E-state index in [0.717, 1.165) is 30.4 Å². The normalized spacial score (nSPS) is 11.9. The molecule has 0 saturated heterocycles. The lowest BCUT2D eigenvalue weighted by molar-refractivity contribution is 0.331. The molecule has 0 fully saturated rings. The van der Waals surface area contributed by atoms with Crippen LogP contribution >= 0.6 is 11.6 Å². The lowest BCUT2D eigenvalue weighted by Gasteiger charge is -2.17. The molecule has 0 aliphatic heterocycles. The van der Waals surface area contributed by atoms with Gasteiger partial charge in [-0.15, -0.1) is 0 Å². The molecule has 1 aromatic rings. The first-order valence-electron chi connectivity index (χ1n) is 6.01. The van der Waals surface area contributed by atoms with E-state index in [0.29, 0.717) is 6.61 Å². The van der Waals surface area contributed by atoms with Crippen LogP contribution in [0.25, 0.3) is 0 Å². The Kier molecular flexibility index (Phi) is 6.75. The van der Waals surface area contributed by atoms with Gasteiger partial charge in [0.25, 0.3) is 0 Å². The van der Waals surface area contributed by atoms with Gasteiger partial charge in [-0.05, 0) is 31.3 Å². The molecule has 17 heavy (non-hydrogen) atoms. The van der Waals surface area contributed by atoms with E-state index in [-0.39, 0.29) is 0 Å². The summed E-state index contributed by atoms with van der Waals surface area (Å²) < 4.78 is 5.55. The molecule has 0 amide bonds. The molecule has 0 radical (unpaired) electrons. The average Bonchev–Trinajstić information content (AvgIpc) is 2.37. The minimum Gasteiger partial charge on any atom is -0.489 e. The highest BCUT2D eigenvalue weighted by Gasteiger charge is 2.00. The smallest absolute Gasteiger partial charge is 0.119 e. The van der Waals surface area contributed by atoms with Crippen LogP contribution in [-0.2, 0) is 0 Å². The summed E-state index contributed by atoms with van der Waals surface area (Å²) in [5, 5.41) is 0.838. The van der Waals surface area contributed by atoms with Gasteiger partial charge < -0.3 is 4.74 Å². The predicted octanol–water partition coefficient (Wildman–Crippen LogP) is 3.53. The van der Waals surface area contributed by atoms with Crippen LogP contribution in [0, 0.1) is 0 Å². The topological polar surface area (TPSA) is 12.5 Å². The molecule has 94 valence electrons. The van der Waals surface area contributed by atoms with E-state index < -0.39 is 0 Å². The fourth-order valence-corrected chi connectivity index (χ4v) is 1.70. The van der Waals surface area contributed by atoms with Crippen LogP contribution in [0.15, 0.2) is 41.4 Å². The third-order valence-electron chi connectivity index (χ3n) is 2.57. The zero-order valence-corrected chi connectivity index (χ0v) is 11.3. The molecule has 0 aromatic heterocycles. The molecule has 0 saturated carbocycles. The van der Waals surface area contributed by atoms with Crippen molar-refractivity contribution in [1.82, 2.24) is 4.90 Å². The standard InChI is InChI=1S/C14H20ClNO/c1-3-16(4-2)12-13(15)10-11-17-14-8-6-5-7-9-14/h5-10H,3-4,11-12H2,1-2H3/b13-10-. The van der Waals surface area contributed by atoms with Gasteiger partial charge in [0.05, 0.1) is 0 Å². The number of ether oxygens (including phenoxy) is 1. The Morgan fingerprint density at radius 3 is 2.47 bits per heavy atom. The molecular weight excluding hydrogens is 234 g/mol. The van der Waals surface area contributed by atoms with Crippen molar-refractivity contribution in [2.75, 3.05) is 26.2 Å². The Hall–Kier alpha value is -0.990. The summed E-state index contributed by atoms with van der Waals surface area (Å²) in [7, 11) is 0. The Bertz CT molecular complexity index is 333. The maximum Gasteiger partial charge on any atom is 0.119 e. The van der Waals surface area contributed by atoms with E-state index in [4.69, 9.17) is 16.3 Å². The first-order chi connectivity index (χ1) is 8.26. The van der Waals surface area contributed by atoms with Crippen molar-refractivity contribution in [2.45, 2.75) is 13.8 Å². The van der Waals surface area contributed by atoms with Crippen molar-refractivity contribution in [3.63, 3.8) is 0 Å². The second-order valence-corrected chi connectivity index (χ2v) is 4.22. The van der Waals surface area contributed by atoms with Crippen LogP contribution in [0.5, 0.6) is 5.75 Å². The highest BCUT2D eigenvalue weighted by Crippen LogP contribution is 2.09. The van der Waals surface area contributed by atoms with Crippen LogP contribution in [0.3, 0.4) is 0 Å². The van der Waals surface area contributed by atoms with Crippen LogP contribution in [0.2, 0.25) is 0 Å². The number of benzene rings is 1. The SMILES string of the molecule is CCN(CC)C/C(Cl)=C/COc1ccccc1. The average molecular weight is 254 g/mol. The summed E-state index contributed by atoms with van der Waals surface area (Å²) in [6, 6.07) is 9.75. The molecule has 2 nitrogen and oxygen atoms in total. The van der Waals surface area contributed by atoms with E-state index in [1.807, 2.05) is 36.4 Å². The van der Waals surface area contributed by atoms with E-state index >= 15 is 0 Å². The predicted molar refractivity (Wildman–Crippen MR) is 73.7 cm³/mol. The molecule has 0 aliphatic carbocycles. The van der Waals surface area contributed by atoms with Gasteiger partial charge in [0.1, 0.15) is 12.4 Å². The molecule has 3 heteroatoms. The quantitative estimate of drug-likeness (QED) is 0.737. The van der Waals surface area contributed by atoms with Crippen molar-refractivity contribution >= 4 is 11.6 Å². The van der Waals surface area contributed by atoms with Gasteiger partial charge in [-0.3, -0.25) is 4.90 Å². The van der Waals surface area contributed by atoms with E-state index in [1.54, 1.807) is 0 Å². The van der Waals surface area contributed by atoms with Gasteiger partial charge in [-0.2, -0.15) is 0 Å². The molecule has 0 heterocycles. The number of halogens is 1. The lowest BCUT2D eigenvalue weighted by atomic mass is 10.3. The van der Waals surface area contributed by atoms with Crippen molar-refractivity contribution in [3.8, 4) is 5.75 Å². The molecule has 0 atom stereocenters. The third-order valence-corrected chi connectivity index (χ3v) is 2.84. The van der Waals surface area contributed by atoms with Gasteiger partial charge in [0.2, 0.25) is 0 Å². The maximum absolute atomic E-state index is 6.14. The van der Waals surface area contributed by atoms with Crippen LogP contribution in [0.4, 0.5) is 0 Å². The zero-order valence-electron chi connectivity index (χ0n) is 10.5. The van der Waals surface area contributed by atoms with Gasteiger partial charge in [-0.25, -0.2) is 0 Å². The van der Waals surface area contributed by atoms with Crippen molar-refractivity contribution in [3.05, 3.63) is 41.4 Å². The minimum atomic E-state index is 0.518. The Morgan fingerprint density at radius 1 is 1.24 bits per heavy atom. The number of hydrogen-bond donors (Lipinski definition) is 0. The minimum absolute atomic E-state index is 0.518. The van der Waals surface area contributed by atoms with Crippen molar-refractivity contribution in [2.24, 2.45) is 0 Å². The molecule has 0 unspecified atom stereocenters. The van der Waals surface area contributed by atoms with Crippen LogP contribution in [0.1, 0.15) is 13.8 Å². The Balaban J connectivity index is 2.33. The number of likely N-dealkylation sites (N-methyl/N-ethyl adjacent to an activating group) is 1. The monoisotopic (exact) mass is 253 g/mol. The summed E-state index contributed by atoms with van der Waals surface area (Å²) in [5.41, 5.74) is 0. The maximum atomic E-state index is 6.14. The molecule has 1 aromatic carbocycles. The first-order valence-corrected chi connectivity index (χ1v) is 6.38. The van der Waals surface area contributed by atoms with Crippen molar-refractivity contribution < 1.29 is 4.74 Å². The summed E-state index contributed by atoms with van der Waals surface area (Å²) in [6.07, 6.45) is 1.92. The number of hydrogen-bond acceptors (Lipinski definition) is 2. The first kappa shape index (κ1) is 14.1. The molecular formula is C14H20ClNO. The Labute approximate surface area is 109 Å². The molecule has 0 spiro atoms. The lowest BCUT2D eigenvalue weighted by Crippen LogP contribution is -2.24. The highest BCUT2D eigenvalue weighted by atomic mass is 35.5. The fraction of sp³-hybridized carbons (Fsp3) is 0.429. The van der Waals surface area contributed by atoms with Crippen molar-refractivity contribution in [1.29, 1.82) is 0 Å². The van der Waals surface area contributed by atoms with Gasteiger partial charge in [0.15, 0.2) is 0 Å². The number of rotatable bonds is 7. The third kappa shape index (κ3) is 5.76. The number of para-hydroxylation sites is 1.